The van der Waals surface area contributed by atoms with Crippen LogP contribution in [0.4, 0.5) is 11.4 Å². The third kappa shape index (κ3) is 5.87. The lowest BCUT2D eigenvalue weighted by atomic mass is 10.2. The highest BCUT2D eigenvalue weighted by Crippen LogP contribution is 2.20. The predicted molar refractivity (Wildman–Crippen MR) is 118 cm³/mol. The minimum atomic E-state index is -3.89. The Bertz CT molecular complexity index is 1230. The molecule has 1 aromatic heterocycles. The molecular formula is C21H19ClN4O4S. The zero-order chi connectivity index (χ0) is 22.6. The number of amides is 2. The van der Waals surface area contributed by atoms with Crippen LogP contribution < -0.4 is 10.6 Å². The van der Waals surface area contributed by atoms with Gasteiger partial charge in [-0.25, -0.2) is 18.4 Å². The number of hydrogen-bond acceptors (Lipinski definition) is 6. The molecule has 8 nitrogen and oxygen atoms in total. The van der Waals surface area contributed by atoms with E-state index in [4.69, 9.17) is 11.6 Å². The molecule has 160 valence electrons. The number of hydrogen-bond donors (Lipinski definition) is 2. The second-order valence-electron chi connectivity index (χ2n) is 6.81. The standard InChI is InChI=1S/C21H19ClN4O4S/c1-13-3-5-15(6-4-13)12-31(29,30)21-23-11-18(22)19(26-21)20(28)25-17-9-7-16(8-10-17)24-14(2)27/h3-11H,12H2,1-2H3,(H,24,27)(H,25,28). The molecule has 0 aliphatic carbocycles. The summed E-state index contributed by atoms with van der Waals surface area (Å²) in [7, 11) is -3.89. The molecule has 2 amide bonds. The van der Waals surface area contributed by atoms with Crippen LogP contribution in [0.2, 0.25) is 5.02 Å². The molecule has 31 heavy (non-hydrogen) atoms. The number of anilines is 2. The molecule has 3 aromatic rings. The van der Waals surface area contributed by atoms with Crippen molar-refractivity contribution in [2.24, 2.45) is 0 Å². The molecule has 0 saturated heterocycles. The molecule has 0 radical (unpaired) electrons. The Kier molecular flexibility index (Phi) is 6.67. The van der Waals surface area contributed by atoms with Crippen molar-refractivity contribution in [1.82, 2.24) is 9.97 Å². The smallest absolute Gasteiger partial charge is 0.275 e. The first kappa shape index (κ1) is 22.4. The van der Waals surface area contributed by atoms with Crippen molar-refractivity contribution in [1.29, 1.82) is 0 Å². The molecule has 0 aliphatic rings. The lowest BCUT2D eigenvalue weighted by molar-refractivity contribution is -0.114. The maximum atomic E-state index is 12.7. The summed E-state index contributed by atoms with van der Waals surface area (Å²) in [6.45, 7) is 3.29. The Balaban J connectivity index is 1.80. The van der Waals surface area contributed by atoms with E-state index in [-0.39, 0.29) is 22.4 Å². The van der Waals surface area contributed by atoms with Crippen LogP contribution >= 0.6 is 11.6 Å². The van der Waals surface area contributed by atoms with Crippen LogP contribution in [0.15, 0.2) is 59.9 Å². The van der Waals surface area contributed by atoms with Crippen LogP contribution in [0.1, 0.15) is 28.5 Å². The molecule has 10 heteroatoms. The summed E-state index contributed by atoms with van der Waals surface area (Å²) in [5, 5.41) is 4.64. The van der Waals surface area contributed by atoms with Gasteiger partial charge < -0.3 is 10.6 Å². The molecule has 0 unspecified atom stereocenters. The number of carbonyl (C=O) groups excluding carboxylic acids is 2. The van der Waals surface area contributed by atoms with Crippen molar-refractivity contribution < 1.29 is 18.0 Å². The highest BCUT2D eigenvalue weighted by Gasteiger charge is 2.23. The van der Waals surface area contributed by atoms with E-state index in [2.05, 4.69) is 20.6 Å². The van der Waals surface area contributed by atoms with Crippen molar-refractivity contribution in [3.05, 3.63) is 76.6 Å². The van der Waals surface area contributed by atoms with Crippen molar-refractivity contribution in [2.45, 2.75) is 24.8 Å². The molecular weight excluding hydrogens is 440 g/mol. The molecule has 0 saturated carbocycles. The molecule has 0 spiro atoms. The molecule has 3 rings (SSSR count). The SMILES string of the molecule is CC(=O)Nc1ccc(NC(=O)c2nc(S(=O)(=O)Cc3ccc(C)cc3)ncc2Cl)cc1. The normalized spacial score (nSPS) is 11.1. The summed E-state index contributed by atoms with van der Waals surface area (Å²) < 4.78 is 25.4. The number of aromatic nitrogens is 2. The summed E-state index contributed by atoms with van der Waals surface area (Å²) >= 11 is 6.04. The topological polar surface area (TPSA) is 118 Å². The maximum Gasteiger partial charge on any atom is 0.275 e. The quantitative estimate of drug-likeness (QED) is 0.544. The van der Waals surface area contributed by atoms with E-state index in [0.29, 0.717) is 16.9 Å². The third-order valence-corrected chi connectivity index (χ3v) is 5.90. The maximum absolute atomic E-state index is 12.7. The molecule has 0 aliphatic heterocycles. The second kappa shape index (κ2) is 9.23. The Labute approximate surface area is 184 Å². The fraction of sp³-hybridized carbons (Fsp3) is 0.143. The van der Waals surface area contributed by atoms with E-state index >= 15 is 0 Å². The molecule has 0 atom stereocenters. The van der Waals surface area contributed by atoms with Crippen LogP contribution in [-0.2, 0) is 20.4 Å². The van der Waals surface area contributed by atoms with Gasteiger partial charge in [-0.3, -0.25) is 9.59 Å². The zero-order valence-corrected chi connectivity index (χ0v) is 18.3. The van der Waals surface area contributed by atoms with Crippen LogP contribution in [0.5, 0.6) is 0 Å². The lowest BCUT2D eigenvalue weighted by Gasteiger charge is -2.09. The first-order chi connectivity index (χ1) is 14.6. The fourth-order valence-electron chi connectivity index (χ4n) is 2.66. The summed E-state index contributed by atoms with van der Waals surface area (Å²) in [6.07, 6.45) is 1.09. The highest BCUT2D eigenvalue weighted by molar-refractivity contribution is 7.90. The average molecular weight is 459 g/mol. The van der Waals surface area contributed by atoms with Crippen LogP contribution in [0.3, 0.4) is 0 Å². The summed E-state index contributed by atoms with van der Waals surface area (Å²) in [5.74, 6) is -1.21. The third-order valence-electron chi connectivity index (χ3n) is 4.16. The fourth-order valence-corrected chi connectivity index (χ4v) is 4.04. The second-order valence-corrected chi connectivity index (χ2v) is 9.10. The van der Waals surface area contributed by atoms with Crippen molar-refractivity contribution in [3.63, 3.8) is 0 Å². The first-order valence-electron chi connectivity index (χ1n) is 9.14. The van der Waals surface area contributed by atoms with Gasteiger partial charge in [0.1, 0.15) is 0 Å². The van der Waals surface area contributed by atoms with Gasteiger partial charge >= 0.3 is 0 Å². The van der Waals surface area contributed by atoms with Gasteiger partial charge in [0.05, 0.1) is 17.0 Å². The monoisotopic (exact) mass is 458 g/mol. The minimum Gasteiger partial charge on any atom is -0.326 e. The number of nitrogens with zero attached hydrogens (tertiary/aromatic N) is 2. The Morgan fingerprint density at radius 3 is 2.13 bits per heavy atom. The van der Waals surface area contributed by atoms with Gasteiger partial charge in [-0.15, -0.1) is 0 Å². The van der Waals surface area contributed by atoms with E-state index < -0.39 is 20.9 Å². The number of sulfone groups is 1. The van der Waals surface area contributed by atoms with Gasteiger partial charge in [-0.05, 0) is 36.8 Å². The van der Waals surface area contributed by atoms with Gasteiger partial charge in [0, 0.05) is 18.3 Å². The van der Waals surface area contributed by atoms with Crippen molar-refractivity contribution >= 4 is 44.6 Å². The van der Waals surface area contributed by atoms with E-state index in [1.807, 2.05) is 19.1 Å². The number of aryl methyl sites for hydroxylation is 1. The van der Waals surface area contributed by atoms with Gasteiger partial charge in [0.15, 0.2) is 5.69 Å². The molecule has 2 aromatic carbocycles. The summed E-state index contributed by atoms with van der Waals surface area (Å²) in [5.41, 5.74) is 2.31. The number of benzene rings is 2. The predicted octanol–water partition coefficient (Wildman–Crippen LogP) is 3.62. The molecule has 2 N–H and O–H groups in total. The van der Waals surface area contributed by atoms with Crippen molar-refractivity contribution in [2.75, 3.05) is 10.6 Å². The number of carbonyl (C=O) groups is 2. The van der Waals surface area contributed by atoms with Crippen LogP contribution in [0, 0.1) is 6.92 Å². The molecule has 1 heterocycles. The van der Waals surface area contributed by atoms with E-state index in [0.717, 1.165) is 11.8 Å². The summed E-state index contributed by atoms with van der Waals surface area (Å²) in [4.78, 5) is 31.4. The van der Waals surface area contributed by atoms with E-state index in [1.165, 1.54) is 6.92 Å². The van der Waals surface area contributed by atoms with E-state index in [1.54, 1.807) is 36.4 Å². The zero-order valence-electron chi connectivity index (χ0n) is 16.7. The van der Waals surface area contributed by atoms with Gasteiger partial charge in [0.2, 0.25) is 20.9 Å². The minimum absolute atomic E-state index is 0.0818. The van der Waals surface area contributed by atoms with Gasteiger partial charge in [-0.1, -0.05) is 41.4 Å². The van der Waals surface area contributed by atoms with Crippen LogP contribution in [-0.4, -0.2) is 30.2 Å². The highest BCUT2D eigenvalue weighted by atomic mass is 35.5. The average Bonchev–Trinajstić information content (AvgIpc) is 2.71. The number of halogens is 1. The van der Waals surface area contributed by atoms with Gasteiger partial charge in [0.25, 0.3) is 5.91 Å². The van der Waals surface area contributed by atoms with Crippen molar-refractivity contribution in [3.8, 4) is 0 Å². The van der Waals surface area contributed by atoms with E-state index in [9.17, 15) is 18.0 Å². The number of rotatable bonds is 6. The number of nitrogens with one attached hydrogen (secondary N) is 2. The first-order valence-corrected chi connectivity index (χ1v) is 11.2. The lowest BCUT2D eigenvalue weighted by Crippen LogP contribution is -2.18. The van der Waals surface area contributed by atoms with Crippen LogP contribution in [0.25, 0.3) is 0 Å². The molecule has 0 fully saturated rings. The Morgan fingerprint density at radius 1 is 0.968 bits per heavy atom. The largest absolute Gasteiger partial charge is 0.326 e. The molecule has 0 bridgehead atoms. The summed E-state index contributed by atoms with van der Waals surface area (Å²) in [6, 6.07) is 13.4. The van der Waals surface area contributed by atoms with Gasteiger partial charge in [-0.2, -0.15) is 0 Å². The Morgan fingerprint density at radius 2 is 1.55 bits per heavy atom. The Hall–Kier alpha value is -3.30.